The van der Waals surface area contributed by atoms with Gasteiger partial charge in [-0.2, -0.15) is 4.98 Å². The van der Waals surface area contributed by atoms with Crippen LogP contribution in [0.1, 0.15) is 6.92 Å². The third kappa shape index (κ3) is 4.44. The normalized spacial score (nSPS) is 14.7. The van der Waals surface area contributed by atoms with Gasteiger partial charge < -0.3 is 5.32 Å². The molecule has 0 saturated heterocycles. The van der Waals surface area contributed by atoms with Gasteiger partial charge >= 0.3 is 0 Å². The van der Waals surface area contributed by atoms with Gasteiger partial charge in [0.15, 0.2) is 0 Å². The van der Waals surface area contributed by atoms with Crippen LogP contribution >= 0.6 is 27.5 Å². The van der Waals surface area contributed by atoms with Crippen LogP contribution in [0.5, 0.6) is 0 Å². The standard InChI is InChI=1S/C8H11BrClN3OS/c1-5(4-15(2)14)12-7-6(9)3-11-8(10)13-7/h3,5H,4H2,1-2H3,(H,11,12,13). The van der Waals surface area contributed by atoms with Crippen LogP contribution < -0.4 is 5.32 Å². The van der Waals surface area contributed by atoms with Crippen molar-refractivity contribution >= 4 is 44.1 Å². The lowest BCUT2D eigenvalue weighted by atomic mass is 10.4. The maximum absolute atomic E-state index is 11.0. The molecule has 4 nitrogen and oxygen atoms in total. The number of hydrogen-bond acceptors (Lipinski definition) is 4. The second-order valence-electron chi connectivity index (χ2n) is 3.12. The van der Waals surface area contributed by atoms with Gasteiger partial charge in [0.2, 0.25) is 5.28 Å². The summed E-state index contributed by atoms with van der Waals surface area (Å²) in [6.45, 7) is 1.93. The van der Waals surface area contributed by atoms with Crippen LogP contribution in [0.2, 0.25) is 5.28 Å². The Kier molecular flexibility index (Phi) is 4.95. The van der Waals surface area contributed by atoms with E-state index in [0.29, 0.717) is 11.6 Å². The molecule has 2 unspecified atom stereocenters. The van der Waals surface area contributed by atoms with Crippen LogP contribution in [0, 0.1) is 0 Å². The maximum atomic E-state index is 11.0. The molecule has 15 heavy (non-hydrogen) atoms. The van der Waals surface area contributed by atoms with Gasteiger partial charge in [-0.3, -0.25) is 4.21 Å². The highest BCUT2D eigenvalue weighted by Crippen LogP contribution is 2.20. The Balaban J connectivity index is 2.71. The van der Waals surface area contributed by atoms with E-state index < -0.39 is 10.8 Å². The van der Waals surface area contributed by atoms with Crippen molar-refractivity contribution in [2.75, 3.05) is 17.3 Å². The summed E-state index contributed by atoms with van der Waals surface area (Å²) in [5, 5.41) is 3.29. The van der Waals surface area contributed by atoms with E-state index in [4.69, 9.17) is 11.6 Å². The van der Waals surface area contributed by atoms with Crippen LogP contribution in [0.15, 0.2) is 10.7 Å². The average Bonchev–Trinajstić information content (AvgIpc) is 2.10. The first kappa shape index (κ1) is 12.9. The summed E-state index contributed by atoms with van der Waals surface area (Å²) in [7, 11) is -0.835. The number of nitrogens with one attached hydrogen (secondary N) is 1. The Morgan fingerprint density at radius 2 is 2.40 bits per heavy atom. The monoisotopic (exact) mass is 311 g/mol. The quantitative estimate of drug-likeness (QED) is 0.865. The highest BCUT2D eigenvalue weighted by atomic mass is 79.9. The summed E-state index contributed by atoms with van der Waals surface area (Å²) in [5.41, 5.74) is 0. The fourth-order valence-corrected chi connectivity index (χ4v) is 2.30. The van der Waals surface area contributed by atoms with Crippen LogP contribution in [0.25, 0.3) is 0 Å². The van der Waals surface area contributed by atoms with Gasteiger partial charge in [0.25, 0.3) is 0 Å². The van der Waals surface area contributed by atoms with E-state index >= 15 is 0 Å². The minimum absolute atomic E-state index is 0.0677. The number of hydrogen-bond donors (Lipinski definition) is 1. The van der Waals surface area contributed by atoms with Crippen LogP contribution in [-0.4, -0.2) is 32.2 Å². The zero-order valence-corrected chi connectivity index (χ0v) is 11.5. The molecule has 0 saturated carbocycles. The molecule has 1 rings (SSSR count). The zero-order valence-electron chi connectivity index (χ0n) is 8.33. The predicted octanol–water partition coefficient (Wildman–Crippen LogP) is 2.07. The van der Waals surface area contributed by atoms with E-state index in [2.05, 4.69) is 31.2 Å². The Hall–Kier alpha value is -0.200. The van der Waals surface area contributed by atoms with Gasteiger partial charge in [-0.25, -0.2) is 4.98 Å². The van der Waals surface area contributed by atoms with Crippen molar-refractivity contribution in [3.8, 4) is 0 Å². The van der Waals surface area contributed by atoms with Gasteiger partial charge in [0, 0.05) is 35.0 Å². The van der Waals surface area contributed by atoms with Crippen molar-refractivity contribution in [2.45, 2.75) is 13.0 Å². The molecule has 0 bridgehead atoms. The molecule has 0 aliphatic rings. The molecule has 0 radical (unpaired) electrons. The second-order valence-corrected chi connectivity index (χ2v) is 5.79. The molecule has 84 valence electrons. The molecule has 0 fully saturated rings. The largest absolute Gasteiger partial charge is 0.366 e. The van der Waals surface area contributed by atoms with E-state index in [1.807, 2.05) is 6.92 Å². The maximum Gasteiger partial charge on any atom is 0.224 e. The van der Waals surface area contributed by atoms with Gasteiger partial charge in [-0.05, 0) is 34.5 Å². The molecule has 1 aromatic rings. The summed E-state index contributed by atoms with van der Waals surface area (Å²) in [6, 6.07) is 0.0677. The fraction of sp³-hybridized carbons (Fsp3) is 0.500. The molecule has 1 heterocycles. The molecule has 0 aliphatic carbocycles. The van der Waals surface area contributed by atoms with Crippen molar-refractivity contribution < 1.29 is 4.21 Å². The lowest BCUT2D eigenvalue weighted by Gasteiger charge is -2.13. The topological polar surface area (TPSA) is 54.9 Å². The molecule has 7 heteroatoms. The van der Waals surface area contributed by atoms with Gasteiger partial charge in [0.1, 0.15) is 5.82 Å². The molecule has 0 spiro atoms. The Labute approximate surface area is 104 Å². The second kappa shape index (κ2) is 5.77. The van der Waals surface area contributed by atoms with Gasteiger partial charge in [0.05, 0.1) is 4.47 Å². The molecular formula is C8H11BrClN3OS. The summed E-state index contributed by atoms with van der Waals surface area (Å²) < 4.78 is 11.7. The number of rotatable bonds is 4. The Morgan fingerprint density at radius 1 is 1.73 bits per heavy atom. The summed E-state index contributed by atoms with van der Waals surface area (Å²) in [4.78, 5) is 7.83. The predicted molar refractivity (Wildman–Crippen MR) is 66.8 cm³/mol. The van der Waals surface area contributed by atoms with Crippen molar-refractivity contribution in [3.05, 3.63) is 16.0 Å². The zero-order chi connectivity index (χ0) is 11.4. The van der Waals surface area contributed by atoms with E-state index in [-0.39, 0.29) is 11.3 Å². The SMILES string of the molecule is CC(CS(C)=O)Nc1nc(Cl)ncc1Br. The van der Waals surface area contributed by atoms with Gasteiger partial charge in [-0.15, -0.1) is 0 Å². The summed E-state index contributed by atoms with van der Waals surface area (Å²) in [5.74, 6) is 1.18. The van der Waals surface area contributed by atoms with E-state index in [1.54, 1.807) is 12.5 Å². The third-order valence-corrected chi connectivity index (χ3v) is 3.31. The van der Waals surface area contributed by atoms with E-state index in [9.17, 15) is 4.21 Å². The number of nitrogens with zero attached hydrogens (tertiary/aromatic N) is 2. The molecule has 0 amide bonds. The summed E-state index contributed by atoms with van der Waals surface area (Å²) >= 11 is 8.97. The van der Waals surface area contributed by atoms with Crippen molar-refractivity contribution in [1.82, 2.24) is 9.97 Å². The Bertz CT molecular complexity index is 377. The Morgan fingerprint density at radius 3 is 3.00 bits per heavy atom. The number of anilines is 1. The molecule has 1 aromatic heterocycles. The third-order valence-electron chi connectivity index (χ3n) is 1.58. The van der Waals surface area contributed by atoms with Crippen LogP contribution in [0.3, 0.4) is 0 Å². The smallest absolute Gasteiger partial charge is 0.224 e. The first-order valence-corrected chi connectivity index (χ1v) is 7.13. The summed E-state index contributed by atoms with van der Waals surface area (Å²) in [6.07, 6.45) is 3.24. The van der Waals surface area contributed by atoms with E-state index in [1.165, 1.54) is 0 Å². The molecule has 0 aliphatic heterocycles. The average molecular weight is 313 g/mol. The molecule has 1 N–H and O–H groups in total. The minimum atomic E-state index is -0.835. The molecular weight excluding hydrogens is 302 g/mol. The van der Waals surface area contributed by atoms with Crippen molar-refractivity contribution in [2.24, 2.45) is 0 Å². The van der Waals surface area contributed by atoms with Crippen molar-refractivity contribution in [1.29, 1.82) is 0 Å². The van der Waals surface area contributed by atoms with Crippen LogP contribution in [0.4, 0.5) is 5.82 Å². The van der Waals surface area contributed by atoms with Crippen LogP contribution in [-0.2, 0) is 10.8 Å². The lowest BCUT2D eigenvalue weighted by molar-refractivity contribution is 0.683. The van der Waals surface area contributed by atoms with Gasteiger partial charge in [-0.1, -0.05) is 0 Å². The first-order valence-electron chi connectivity index (χ1n) is 4.23. The molecule has 2 atom stereocenters. The minimum Gasteiger partial charge on any atom is -0.366 e. The van der Waals surface area contributed by atoms with E-state index in [0.717, 1.165) is 4.47 Å². The highest BCUT2D eigenvalue weighted by Gasteiger charge is 2.08. The lowest BCUT2D eigenvalue weighted by Crippen LogP contribution is -2.23. The molecule has 0 aromatic carbocycles. The fourth-order valence-electron chi connectivity index (χ4n) is 1.07. The number of halogens is 2. The first-order chi connectivity index (χ1) is 6.99. The highest BCUT2D eigenvalue weighted by molar-refractivity contribution is 9.10. The number of aromatic nitrogens is 2. The van der Waals surface area contributed by atoms with Crippen molar-refractivity contribution in [3.63, 3.8) is 0 Å².